The number of carbonyl (C=O) groups excluding carboxylic acids is 2. The molecule has 0 spiro atoms. The van der Waals surface area contributed by atoms with E-state index in [0.29, 0.717) is 23.6 Å². The Morgan fingerprint density at radius 1 is 0.767 bits per heavy atom. The molecule has 0 aromatic carbocycles. The van der Waals surface area contributed by atoms with Crippen molar-refractivity contribution in [3.05, 3.63) is 0 Å². The third-order valence-electron chi connectivity index (χ3n) is 6.23. The van der Waals surface area contributed by atoms with Crippen molar-refractivity contribution in [3.8, 4) is 0 Å². The molecule has 2 unspecified atom stereocenters. The SMILES string of the molecule is CN(C)C1CCN(C(=O)C(N)CSSCC(N)C(=O)N2CCC(N(C)C)CC2)CC1. The fourth-order valence-corrected chi connectivity index (χ4v) is 6.29. The molecule has 10 heteroatoms. The Morgan fingerprint density at radius 3 is 1.33 bits per heavy atom. The largest absolute Gasteiger partial charge is 0.341 e. The van der Waals surface area contributed by atoms with Gasteiger partial charge in [0.2, 0.25) is 11.8 Å². The molecule has 0 aromatic rings. The average molecular weight is 461 g/mol. The monoisotopic (exact) mass is 460 g/mol. The van der Waals surface area contributed by atoms with E-state index in [2.05, 4.69) is 38.0 Å². The summed E-state index contributed by atoms with van der Waals surface area (Å²) in [5.41, 5.74) is 12.3. The maximum absolute atomic E-state index is 12.6. The quantitative estimate of drug-likeness (QED) is 0.370. The highest BCUT2D eigenvalue weighted by Crippen LogP contribution is 2.24. The maximum atomic E-state index is 12.6. The molecule has 2 aliphatic rings. The van der Waals surface area contributed by atoms with Gasteiger partial charge in [-0.1, -0.05) is 21.6 Å². The van der Waals surface area contributed by atoms with Gasteiger partial charge in [0.05, 0.1) is 12.1 Å². The molecule has 4 N–H and O–H groups in total. The Hall–Kier alpha value is -0.520. The predicted octanol–water partition coefficient (Wildman–Crippen LogP) is 0.128. The van der Waals surface area contributed by atoms with Gasteiger partial charge < -0.3 is 31.1 Å². The second kappa shape index (κ2) is 12.5. The molecule has 0 bridgehead atoms. The fraction of sp³-hybridized carbons (Fsp3) is 0.900. The minimum atomic E-state index is -0.504. The van der Waals surface area contributed by atoms with Crippen LogP contribution in [0.2, 0.25) is 0 Å². The van der Waals surface area contributed by atoms with Crippen LogP contribution in [0.1, 0.15) is 25.7 Å². The van der Waals surface area contributed by atoms with E-state index in [0.717, 1.165) is 51.9 Å². The molecular weight excluding hydrogens is 420 g/mol. The third kappa shape index (κ3) is 7.56. The van der Waals surface area contributed by atoms with Crippen molar-refractivity contribution in [1.29, 1.82) is 0 Å². The van der Waals surface area contributed by atoms with Crippen LogP contribution in [0.3, 0.4) is 0 Å². The average Bonchev–Trinajstić information content (AvgIpc) is 2.75. The molecule has 2 fully saturated rings. The summed E-state index contributed by atoms with van der Waals surface area (Å²) in [5, 5.41) is 0. The van der Waals surface area contributed by atoms with Crippen LogP contribution in [0.4, 0.5) is 0 Å². The van der Waals surface area contributed by atoms with Crippen molar-refractivity contribution >= 4 is 33.4 Å². The van der Waals surface area contributed by atoms with Gasteiger partial charge in [0.15, 0.2) is 0 Å². The first-order chi connectivity index (χ1) is 14.2. The lowest BCUT2D eigenvalue weighted by Crippen LogP contribution is -2.51. The van der Waals surface area contributed by atoms with Gasteiger partial charge in [0.1, 0.15) is 0 Å². The summed E-state index contributed by atoms with van der Waals surface area (Å²) in [4.78, 5) is 33.4. The Kier molecular flexibility index (Phi) is 10.7. The molecule has 0 radical (unpaired) electrons. The van der Waals surface area contributed by atoms with Crippen LogP contribution >= 0.6 is 21.6 Å². The molecular formula is C20H40N6O2S2. The molecule has 174 valence electrons. The number of hydrogen-bond donors (Lipinski definition) is 2. The first-order valence-corrected chi connectivity index (χ1v) is 13.4. The van der Waals surface area contributed by atoms with Gasteiger partial charge in [0, 0.05) is 49.8 Å². The number of carbonyl (C=O) groups is 2. The van der Waals surface area contributed by atoms with E-state index in [4.69, 9.17) is 11.5 Å². The Labute approximate surface area is 189 Å². The van der Waals surface area contributed by atoms with E-state index >= 15 is 0 Å². The molecule has 8 nitrogen and oxygen atoms in total. The molecule has 2 saturated heterocycles. The van der Waals surface area contributed by atoms with E-state index in [1.807, 2.05) is 9.80 Å². The van der Waals surface area contributed by atoms with Crippen molar-refractivity contribution in [2.45, 2.75) is 49.9 Å². The van der Waals surface area contributed by atoms with E-state index in [1.54, 1.807) is 0 Å². The molecule has 2 aliphatic heterocycles. The molecule has 2 atom stereocenters. The Balaban J connectivity index is 1.62. The molecule has 0 aliphatic carbocycles. The number of nitrogens with two attached hydrogens (primary N) is 2. The summed E-state index contributed by atoms with van der Waals surface area (Å²) in [7, 11) is 11.4. The van der Waals surface area contributed by atoms with Crippen LogP contribution in [0.5, 0.6) is 0 Å². The maximum Gasteiger partial charge on any atom is 0.240 e. The van der Waals surface area contributed by atoms with Crippen LogP contribution in [0.15, 0.2) is 0 Å². The lowest BCUT2D eigenvalue weighted by Gasteiger charge is -2.36. The lowest BCUT2D eigenvalue weighted by atomic mass is 10.0. The van der Waals surface area contributed by atoms with E-state index in [9.17, 15) is 9.59 Å². The van der Waals surface area contributed by atoms with Gasteiger partial charge in [-0.15, -0.1) is 0 Å². The number of likely N-dealkylation sites (tertiary alicyclic amines) is 2. The van der Waals surface area contributed by atoms with Crippen LogP contribution in [0, 0.1) is 0 Å². The lowest BCUT2D eigenvalue weighted by molar-refractivity contribution is -0.134. The highest BCUT2D eigenvalue weighted by Gasteiger charge is 2.28. The van der Waals surface area contributed by atoms with E-state index in [-0.39, 0.29) is 11.8 Å². The number of rotatable bonds is 9. The normalized spacial score (nSPS) is 21.3. The molecule has 0 saturated carbocycles. The minimum Gasteiger partial charge on any atom is -0.341 e. The minimum absolute atomic E-state index is 0.0319. The van der Waals surface area contributed by atoms with Crippen molar-refractivity contribution in [3.63, 3.8) is 0 Å². The number of piperidine rings is 2. The summed E-state index contributed by atoms with van der Waals surface area (Å²) in [5.74, 6) is 1.13. The molecule has 2 amide bonds. The first kappa shape index (κ1) is 25.7. The third-order valence-corrected chi connectivity index (χ3v) is 8.70. The fourth-order valence-electron chi connectivity index (χ4n) is 4.06. The zero-order valence-electron chi connectivity index (χ0n) is 19.0. The number of amides is 2. The second-order valence-electron chi connectivity index (χ2n) is 8.82. The van der Waals surface area contributed by atoms with Gasteiger partial charge in [-0.05, 0) is 53.9 Å². The molecule has 2 rings (SSSR count). The molecule has 2 heterocycles. The van der Waals surface area contributed by atoms with Crippen molar-refractivity contribution in [2.75, 3.05) is 65.9 Å². The highest BCUT2D eigenvalue weighted by atomic mass is 33.1. The summed E-state index contributed by atoms with van der Waals surface area (Å²) in [6, 6.07) is 0.0802. The van der Waals surface area contributed by atoms with Crippen molar-refractivity contribution < 1.29 is 9.59 Å². The van der Waals surface area contributed by atoms with Gasteiger partial charge >= 0.3 is 0 Å². The number of hydrogen-bond acceptors (Lipinski definition) is 8. The Morgan fingerprint density at radius 2 is 1.07 bits per heavy atom. The first-order valence-electron chi connectivity index (χ1n) is 10.9. The van der Waals surface area contributed by atoms with Gasteiger partial charge in [-0.25, -0.2) is 0 Å². The summed E-state index contributed by atoms with van der Waals surface area (Å²) >= 11 is 0. The van der Waals surface area contributed by atoms with Crippen LogP contribution in [-0.4, -0.2) is 121 Å². The van der Waals surface area contributed by atoms with Crippen LogP contribution in [-0.2, 0) is 9.59 Å². The van der Waals surface area contributed by atoms with Crippen molar-refractivity contribution in [2.24, 2.45) is 11.5 Å². The smallest absolute Gasteiger partial charge is 0.240 e. The van der Waals surface area contributed by atoms with Gasteiger partial charge in [-0.2, -0.15) is 0 Å². The zero-order valence-corrected chi connectivity index (χ0v) is 20.6. The standard InChI is InChI=1S/C20H40N6O2S2/c1-23(2)15-5-9-25(10-6-15)19(27)17(21)13-29-30-14-18(22)20(28)26-11-7-16(8-12-26)24(3)4/h15-18H,5-14,21-22H2,1-4H3. The van der Waals surface area contributed by atoms with Crippen LogP contribution < -0.4 is 11.5 Å². The number of nitrogens with zero attached hydrogens (tertiary/aromatic N) is 4. The Bertz CT molecular complexity index is 501. The zero-order chi connectivity index (χ0) is 22.3. The second-order valence-corrected chi connectivity index (χ2v) is 11.4. The topological polar surface area (TPSA) is 99.1 Å². The summed E-state index contributed by atoms with van der Waals surface area (Å²) < 4.78 is 0. The summed E-state index contributed by atoms with van der Waals surface area (Å²) in [6.45, 7) is 3.10. The van der Waals surface area contributed by atoms with Crippen molar-refractivity contribution in [1.82, 2.24) is 19.6 Å². The van der Waals surface area contributed by atoms with Gasteiger partial charge in [-0.3, -0.25) is 9.59 Å². The van der Waals surface area contributed by atoms with E-state index in [1.165, 1.54) is 21.6 Å². The van der Waals surface area contributed by atoms with E-state index < -0.39 is 12.1 Å². The van der Waals surface area contributed by atoms with Crippen LogP contribution in [0.25, 0.3) is 0 Å². The summed E-state index contributed by atoms with van der Waals surface area (Å²) in [6.07, 6.45) is 3.98. The highest BCUT2D eigenvalue weighted by molar-refractivity contribution is 8.76. The molecule has 0 aromatic heterocycles. The van der Waals surface area contributed by atoms with Gasteiger partial charge in [0.25, 0.3) is 0 Å². The molecule has 30 heavy (non-hydrogen) atoms. The predicted molar refractivity (Wildman–Crippen MR) is 127 cm³/mol.